The van der Waals surface area contributed by atoms with Gasteiger partial charge in [-0.2, -0.15) is 8.42 Å². The fraction of sp³-hybridized carbons (Fsp3) is 0.182. The Kier molecular flexibility index (Phi) is 3.35. The van der Waals surface area contributed by atoms with Gasteiger partial charge in [0, 0.05) is 5.56 Å². The van der Waals surface area contributed by atoms with E-state index in [0.29, 0.717) is 17.1 Å². The molecule has 0 unspecified atom stereocenters. The normalized spacial score (nSPS) is 11.4. The molecule has 0 bridgehead atoms. The van der Waals surface area contributed by atoms with Crippen LogP contribution < -0.4 is 4.72 Å². The number of rotatable bonds is 4. The first-order chi connectivity index (χ1) is 8.53. The van der Waals surface area contributed by atoms with Crippen molar-refractivity contribution >= 4 is 15.7 Å². The lowest BCUT2D eigenvalue weighted by molar-refractivity contribution is 0.282. The Hall–Kier alpha value is -1.86. The van der Waals surface area contributed by atoms with Crippen LogP contribution in [-0.2, 0) is 16.6 Å². The Bertz CT molecular complexity index is 649. The minimum atomic E-state index is -3.70. The van der Waals surface area contributed by atoms with Crippen LogP contribution in [-0.4, -0.2) is 23.5 Å². The Labute approximate surface area is 105 Å². The van der Waals surface area contributed by atoms with Crippen LogP contribution in [0.15, 0.2) is 35.5 Å². The van der Waals surface area contributed by atoms with Crippen LogP contribution in [0.2, 0.25) is 0 Å². The number of imidazole rings is 1. The van der Waals surface area contributed by atoms with Gasteiger partial charge in [0.25, 0.3) is 10.0 Å². The summed E-state index contributed by atoms with van der Waals surface area (Å²) in [4.78, 5) is 6.49. The number of para-hydroxylation sites is 1. The number of sulfonamides is 1. The lowest BCUT2D eigenvalue weighted by atomic mass is 10.2. The summed E-state index contributed by atoms with van der Waals surface area (Å²) in [6.07, 6.45) is 1.25. The highest BCUT2D eigenvalue weighted by Gasteiger charge is 2.17. The smallest absolute Gasteiger partial charge is 0.278 e. The van der Waals surface area contributed by atoms with Gasteiger partial charge in [0.15, 0.2) is 5.03 Å². The minimum absolute atomic E-state index is 0.00672. The molecule has 1 aromatic carbocycles. The van der Waals surface area contributed by atoms with Crippen molar-refractivity contribution in [2.75, 3.05) is 4.72 Å². The van der Waals surface area contributed by atoms with E-state index in [1.807, 2.05) is 0 Å². The molecule has 3 N–H and O–H groups in total. The third-order valence-electron chi connectivity index (χ3n) is 2.40. The summed E-state index contributed by atoms with van der Waals surface area (Å²) >= 11 is 0. The molecule has 0 atom stereocenters. The average Bonchev–Trinajstić information content (AvgIpc) is 2.77. The predicted molar refractivity (Wildman–Crippen MR) is 66.5 cm³/mol. The molecule has 0 radical (unpaired) electrons. The molecule has 0 aliphatic carbocycles. The van der Waals surface area contributed by atoms with Gasteiger partial charge in [-0.05, 0) is 13.0 Å². The molecule has 0 fully saturated rings. The van der Waals surface area contributed by atoms with Crippen molar-refractivity contribution in [3.8, 4) is 0 Å². The van der Waals surface area contributed by atoms with Crippen LogP contribution in [0.1, 0.15) is 11.4 Å². The van der Waals surface area contributed by atoms with Crippen molar-refractivity contribution < 1.29 is 13.5 Å². The number of hydrogen-bond donors (Lipinski definition) is 3. The van der Waals surface area contributed by atoms with Gasteiger partial charge >= 0.3 is 0 Å². The number of nitrogens with one attached hydrogen (secondary N) is 2. The minimum Gasteiger partial charge on any atom is -0.392 e. The number of hydrogen-bond acceptors (Lipinski definition) is 4. The van der Waals surface area contributed by atoms with Crippen molar-refractivity contribution in [1.29, 1.82) is 0 Å². The molecule has 0 aliphatic rings. The van der Waals surface area contributed by atoms with E-state index in [4.69, 9.17) is 5.11 Å². The second kappa shape index (κ2) is 4.79. The number of anilines is 1. The van der Waals surface area contributed by atoms with Gasteiger partial charge in [0.2, 0.25) is 0 Å². The van der Waals surface area contributed by atoms with E-state index in [9.17, 15) is 8.42 Å². The molecule has 0 saturated heterocycles. The molecule has 0 amide bonds. The number of aryl methyl sites for hydroxylation is 1. The highest BCUT2D eigenvalue weighted by atomic mass is 32.2. The highest BCUT2D eigenvalue weighted by molar-refractivity contribution is 7.92. The van der Waals surface area contributed by atoms with Crippen LogP contribution in [0.3, 0.4) is 0 Å². The molecule has 1 heterocycles. The first kappa shape index (κ1) is 12.6. The monoisotopic (exact) mass is 267 g/mol. The van der Waals surface area contributed by atoms with Crippen LogP contribution in [0, 0.1) is 6.92 Å². The molecule has 7 heteroatoms. The molecule has 0 aliphatic heterocycles. The van der Waals surface area contributed by atoms with E-state index in [0.717, 1.165) is 0 Å². The zero-order valence-electron chi connectivity index (χ0n) is 9.71. The molecule has 0 spiro atoms. The Balaban J connectivity index is 2.33. The number of aromatic amines is 1. The lowest BCUT2D eigenvalue weighted by Gasteiger charge is -2.09. The third-order valence-corrected chi connectivity index (χ3v) is 3.68. The molecule has 0 saturated carbocycles. The summed E-state index contributed by atoms with van der Waals surface area (Å²) in [5.41, 5.74) is 0.865. The summed E-state index contributed by atoms with van der Waals surface area (Å²) in [7, 11) is -3.70. The van der Waals surface area contributed by atoms with E-state index in [1.165, 1.54) is 6.20 Å². The van der Waals surface area contributed by atoms with Gasteiger partial charge < -0.3 is 10.1 Å². The maximum Gasteiger partial charge on any atom is 0.278 e. The van der Waals surface area contributed by atoms with Gasteiger partial charge in [0.1, 0.15) is 5.82 Å². The number of aliphatic hydroxyl groups excluding tert-OH is 1. The van der Waals surface area contributed by atoms with Gasteiger partial charge in [-0.15, -0.1) is 0 Å². The van der Waals surface area contributed by atoms with Crippen molar-refractivity contribution in [1.82, 2.24) is 9.97 Å². The SMILES string of the molecule is Cc1ncc(S(=O)(=O)Nc2ccccc2CO)[nH]1. The van der Waals surface area contributed by atoms with Crippen LogP contribution in [0.25, 0.3) is 0 Å². The number of nitrogens with zero attached hydrogens (tertiary/aromatic N) is 1. The van der Waals surface area contributed by atoms with Crippen molar-refractivity contribution in [3.63, 3.8) is 0 Å². The predicted octanol–water partition coefficient (Wildman–Crippen LogP) is 1.01. The summed E-state index contributed by atoms with van der Waals surface area (Å²) < 4.78 is 26.4. The Morgan fingerprint density at radius 2 is 2.11 bits per heavy atom. The summed E-state index contributed by atoms with van der Waals surface area (Å²) in [6, 6.07) is 6.65. The average molecular weight is 267 g/mol. The number of benzene rings is 1. The van der Waals surface area contributed by atoms with Gasteiger partial charge in [0.05, 0.1) is 18.5 Å². The second-order valence-corrected chi connectivity index (χ2v) is 5.40. The molecule has 18 heavy (non-hydrogen) atoms. The summed E-state index contributed by atoms with van der Waals surface area (Å²) in [5, 5.41) is 9.13. The number of aromatic nitrogens is 2. The lowest BCUT2D eigenvalue weighted by Crippen LogP contribution is -2.14. The largest absolute Gasteiger partial charge is 0.392 e. The summed E-state index contributed by atoms with van der Waals surface area (Å²) in [6.45, 7) is 1.43. The zero-order valence-corrected chi connectivity index (χ0v) is 10.5. The third kappa shape index (κ3) is 2.52. The van der Waals surface area contributed by atoms with Gasteiger partial charge in [-0.1, -0.05) is 18.2 Å². The van der Waals surface area contributed by atoms with Crippen molar-refractivity contribution in [2.24, 2.45) is 0 Å². The first-order valence-corrected chi connectivity index (χ1v) is 6.74. The van der Waals surface area contributed by atoms with Crippen LogP contribution in [0.5, 0.6) is 0 Å². The van der Waals surface area contributed by atoms with Crippen LogP contribution in [0.4, 0.5) is 5.69 Å². The fourth-order valence-electron chi connectivity index (χ4n) is 1.49. The van der Waals surface area contributed by atoms with E-state index in [2.05, 4.69) is 14.7 Å². The van der Waals surface area contributed by atoms with Crippen molar-refractivity contribution in [3.05, 3.63) is 41.9 Å². The highest BCUT2D eigenvalue weighted by Crippen LogP contribution is 2.19. The molecule has 2 aromatic rings. The first-order valence-electron chi connectivity index (χ1n) is 5.26. The van der Waals surface area contributed by atoms with E-state index < -0.39 is 10.0 Å². The maximum absolute atomic E-state index is 12.0. The zero-order chi connectivity index (χ0) is 13.2. The second-order valence-electron chi connectivity index (χ2n) is 3.75. The standard InChI is InChI=1S/C11H13N3O3S/c1-8-12-6-11(13-8)18(16,17)14-10-5-3-2-4-9(10)7-15/h2-6,14-15H,7H2,1H3,(H,12,13). The molecular weight excluding hydrogens is 254 g/mol. The Morgan fingerprint density at radius 3 is 2.72 bits per heavy atom. The molecular formula is C11H13N3O3S. The van der Waals surface area contributed by atoms with Crippen molar-refractivity contribution in [2.45, 2.75) is 18.6 Å². The molecule has 96 valence electrons. The molecule has 2 rings (SSSR count). The van der Waals surface area contributed by atoms with E-state index in [-0.39, 0.29) is 11.6 Å². The maximum atomic E-state index is 12.0. The molecule has 6 nitrogen and oxygen atoms in total. The van der Waals surface area contributed by atoms with Crippen LogP contribution >= 0.6 is 0 Å². The Morgan fingerprint density at radius 1 is 1.39 bits per heavy atom. The quantitative estimate of drug-likeness (QED) is 0.770. The van der Waals surface area contributed by atoms with E-state index in [1.54, 1.807) is 31.2 Å². The topological polar surface area (TPSA) is 95.1 Å². The fourth-order valence-corrected chi connectivity index (χ4v) is 2.56. The summed E-state index contributed by atoms with van der Waals surface area (Å²) in [5.74, 6) is 0.519. The van der Waals surface area contributed by atoms with Gasteiger partial charge in [-0.25, -0.2) is 4.98 Å². The van der Waals surface area contributed by atoms with E-state index >= 15 is 0 Å². The number of aliphatic hydroxyl groups is 1. The van der Waals surface area contributed by atoms with Gasteiger partial charge in [-0.3, -0.25) is 4.72 Å². The molecule has 1 aromatic heterocycles. The number of H-pyrrole nitrogens is 1.